The van der Waals surface area contributed by atoms with Crippen LogP contribution in [0.5, 0.6) is 0 Å². The smallest absolute Gasteiger partial charge is 0.143 e. The van der Waals surface area contributed by atoms with E-state index in [2.05, 4.69) is 10.1 Å². The molecule has 5 rings (SSSR count). The minimum absolute atomic E-state index is 0.0903. The Bertz CT molecular complexity index is 424. The first kappa shape index (κ1) is 11.0. The van der Waals surface area contributed by atoms with Crippen molar-refractivity contribution in [2.45, 2.75) is 38.1 Å². The lowest BCUT2D eigenvalue weighted by molar-refractivity contribution is -0.0486. The normalized spacial score (nSPS) is 43.3. The van der Waals surface area contributed by atoms with Gasteiger partial charge in [-0.15, -0.1) is 0 Å². The van der Waals surface area contributed by atoms with Crippen LogP contribution in [0.25, 0.3) is 0 Å². The molecule has 0 aliphatic heterocycles. The molecule has 4 aliphatic rings. The molecule has 4 saturated carbocycles. The second-order valence-corrected chi connectivity index (χ2v) is 6.78. The Labute approximate surface area is 108 Å². The van der Waals surface area contributed by atoms with E-state index in [0.29, 0.717) is 5.92 Å². The second-order valence-electron chi connectivity index (χ2n) is 6.78. The fraction of sp³-hybridized carbons (Fsp3) is 0.857. The molecule has 4 heteroatoms. The third-order valence-electron chi connectivity index (χ3n) is 5.76. The monoisotopic (exact) mass is 246 g/mol. The molecule has 1 aromatic heterocycles. The van der Waals surface area contributed by atoms with Crippen molar-refractivity contribution in [1.82, 2.24) is 14.8 Å². The molecule has 2 N–H and O–H groups in total. The third kappa shape index (κ3) is 1.48. The third-order valence-corrected chi connectivity index (χ3v) is 5.76. The van der Waals surface area contributed by atoms with E-state index in [0.717, 1.165) is 29.5 Å². The summed E-state index contributed by atoms with van der Waals surface area (Å²) >= 11 is 0. The molecule has 0 spiro atoms. The quantitative estimate of drug-likeness (QED) is 0.867. The van der Waals surface area contributed by atoms with E-state index in [4.69, 9.17) is 5.73 Å². The predicted molar refractivity (Wildman–Crippen MR) is 68.5 cm³/mol. The molecule has 1 unspecified atom stereocenters. The molecule has 1 atom stereocenters. The van der Waals surface area contributed by atoms with Crippen LogP contribution in [0.3, 0.4) is 0 Å². The van der Waals surface area contributed by atoms with Crippen LogP contribution < -0.4 is 5.73 Å². The second kappa shape index (κ2) is 3.80. The first-order valence-electron chi connectivity index (χ1n) is 7.32. The number of hydrogen-bond donors (Lipinski definition) is 1. The van der Waals surface area contributed by atoms with Gasteiger partial charge in [-0.3, -0.25) is 4.68 Å². The van der Waals surface area contributed by atoms with Crippen molar-refractivity contribution in [2.75, 3.05) is 0 Å². The Morgan fingerprint density at radius 2 is 1.78 bits per heavy atom. The molecule has 4 aliphatic carbocycles. The van der Waals surface area contributed by atoms with Crippen molar-refractivity contribution >= 4 is 0 Å². The number of nitrogens with zero attached hydrogens (tertiary/aromatic N) is 3. The fourth-order valence-corrected chi connectivity index (χ4v) is 5.33. The van der Waals surface area contributed by atoms with Crippen molar-refractivity contribution < 1.29 is 0 Å². The number of nitrogens with two attached hydrogens (primary N) is 1. The summed E-state index contributed by atoms with van der Waals surface area (Å²) in [5.41, 5.74) is 6.54. The van der Waals surface area contributed by atoms with E-state index in [1.165, 1.54) is 32.1 Å². The van der Waals surface area contributed by atoms with Gasteiger partial charge in [0.05, 0.1) is 6.04 Å². The van der Waals surface area contributed by atoms with Crippen LogP contribution in [0.2, 0.25) is 0 Å². The maximum atomic E-state index is 6.54. The molecule has 1 aromatic rings. The molecule has 1 heterocycles. The van der Waals surface area contributed by atoms with Gasteiger partial charge >= 0.3 is 0 Å². The summed E-state index contributed by atoms with van der Waals surface area (Å²) in [5, 5.41) is 4.18. The molecule has 0 saturated heterocycles. The van der Waals surface area contributed by atoms with Gasteiger partial charge in [-0.2, -0.15) is 5.10 Å². The van der Waals surface area contributed by atoms with Gasteiger partial charge in [0, 0.05) is 7.05 Å². The summed E-state index contributed by atoms with van der Waals surface area (Å²) in [5.74, 6) is 5.36. The van der Waals surface area contributed by atoms with Crippen molar-refractivity contribution in [3.05, 3.63) is 12.2 Å². The number of aromatic nitrogens is 3. The van der Waals surface area contributed by atoms with Crippen LogP contribution in [-0.4, -0.2) is 14.8 Å². The van der Waals surface area contributed by atoms with Crippen LogP contribution >= 0.6 is 0 Å². The summed E-state index contributed by atoms with van der Waals surface area (Å²) in [6.07, 6.45) is 8.81. The van der Waals surface area contributed by atoms with E-state index >= 15 is 0 Å². The van der Waals surface area contributed by atoms with Crippen molar-refractivity contribution in [2.24, 2.45) is 42.4 Å². The SMILES string of the molecule is Cn1ncnc1C(N)C1C2CC3CC(C2)CC1C3. The number of hydrogen-bond acceptors (Lipinski definition) is 3. The molecule has 4 bridgehead atoms. The van der Waals surface area contributed by atoms with E-state index in [1.54, 1.807) is 6.33 Å². The minimum atomic E-state index is 0.0903. The minimum Gasteiger partial charge on any atom is -0.321 e. The van der Waals surface area contributed by atoms with Crippen LogP contribution in [0.4, 0.5) is 0 Å². The molecule has 18 heavy (non-hydrogen) atoms. The van der Waals surface area contributed by atoms with Gasteiger partial charge in [0.2, 0.25) is 0 Å². The van der Waals surface area contributed by atoms with E-state index in [-0.39, 0.29) is 6.04 Å². The Hall–Kier alpha value is -0.900. The highest BCUT2D eigenvalue weighted by atomic mass is 15.3. The number of rotatable bonds is 2. The average Bonchev–Trinajstić information content (AvgIpc) is 2.73. The zero-order valence-corrected chi connectivity index (χ0v) is 11.0. The van der Waals surface area contributed by atoms with E-state index in [9.17, 15) is 0 Å². The highest BCUT2D eigenvalue weighted by Gasteiger charge is 2.50. The van der Waals surface area contributed by atoms with Gasteiger partial charge in [-0.1, -0.05) is 0 Å². The Morgan fingerprint density at radius 1 is 1.17 bits per heavy atom. The predicted octanol–water partition coefficient (Wildman–Crippen LogP) is 1.89. The summed E-state index contributed by atoms with van der Waals surface area (Å²) in [6, 6.07) is 0.0903. The fourth-order valence-electron chi connectivity index (χ4n) is 5.33. The van der Waals surface area contributed by atoms with Gasteiger partial charge in [0.1, 0.15) is 12.2 Å². The maximum Gasteiger partial charge on any atom is 0.143 e. The van der Waals surface area contributed by atoms with Crippen molar-refractivity contribution in [3.8, 4) is 0 Å². The highest BCUT2D eigenvalue weighted by Crippen LogP contribution is 2.58. The summed E-state index contributed by atoms with van der Waals surface area (Å²) in [6.45, 7) is 0. The molecule has 0 radical (unpaired) electrons. The topological polar surface area (TPSA) is 56.7 Å². The molecular formula is C14H22N4. The summed E-state index contributed by atoms with van der Waals surface area (Å²) in [4.78, 5) is 4.38. The molecule has 4 fully saturated rings. The molecule has 0 amide bonds. The van der Waals surface area contributed by atoms with Crippen LogP contribution in [-0.2, 0) is 7.05 Å². The van der Waals surface area contributed by atoms with Gasteiger partial charge in [0.15, 0.2) is 0 Å². The van der Waals surface area contributed by atoms with Crippen LogP contribution in [0.1, 0.15) is 44.0 Å². The maximum absolute atomic E-state index is 6.54. The molecule has 0 aromatic carbocycles. The molecular weight excluding hydrogens is 224 g/mol. The van der Waals surface area contributed by atoms with Crippen molar-refractivity contribution in [1.29, 1.82) is 0 Å². The lowest BCUT2D eigenvalue weighted by Gasteiger charge is -2.55. The largest absolute Gasteiger partial charge is 0.321 e. The molecule has 98 valence electrons. The average molecular weight is 246 g/mol. The summed E-state index contributed by atoms with van der Waals surface area (Å²) in [7, 11) is 1.96. The van der Waals surface area contributed by atoms with Gasteiger partial charge in [-0.25, -0.2) is 4.98 Å². The molecule has 4 nitrogen and oxygen atoms in total. The zero-order chi connectivity index (χ0) is 12.3. The van der Waals surface area contributed by atoms with Gasteiger partial charge in [0.25, 0.3) is 0 Å². The Kier molecular flexibility index (Phi) is 2.31. The van der Waals surface area contributed by atoms with E-state index < -0.39 is 0 Å². The highest BCUT2D eigenvalue weighted by molar-refractivity contribution is 5.06. The Morgan fingerprint density at radius 3 is 2.28 bits per heavy atom. The zero-order valence-electron chi connectivity index (χ0n) is 11.0. The summed E-state index contributed by atoms with van der Waals surface area (Å²) < 4.78 is 1.86. The van der Waals surface area contributed by atoms with Crippen molar-refractivity contribution in [3.63, 3.8) is 0 Å². The Balaban J connectivity index is 1.63. The standard InChI is InChI=1S/C14H22N4/c1-18-14(16-7-17-18)13(15)12-10-3-8-2-9(5-10)6-11(12)4-8/h7-13H,2-6,15H2,1H3. The first-order chi connectivity index (χ1) is 8.72. The van der Waals surface area contributed by atoms with Gasteiger partial charge < -0.3 is 5.73 Å². The lowest BCUT2D eigenvalue weighted by Crippen LogP contribution is -2.49. The van der Waals surface area contributed by atoms with Crippen LogP contribution in [0.15, 0.2) is 6.33 Å². The van der Waals surface area contributed by atoms with E-state index in [1.807, 2.05) is 11.7 Å². The lowest BCUT2D eigenvalue weighted by atomic mass is 9.50. The van der Waals surface area contributed by atoms with Gasteiger partial charge in [-0.05, 0) is 61.7 Å². The first-order valence-corrected chi connectivity index (χ1v) is 7.32. The number of aryl methyl sites for hydroxylation is 1. The van der Waals surface area contributed by atoms with Crippen LogP contribution in [0, 0.1) is 29.6 Å².